The van der Waals surface area contributed by atoms with Crippen molar-refractivity contribution in [3.8, 4) is 5.75 Å². The number of aryl methyl sites for hydroxylation is 1. The van der Waals surface area contributed by atoms with Gasteiger partial charge in [-0.3, -0.25) is 4.79 Å². The van der Waals surface area contributed by atoms with Gasteiger partial charge in [-0.05, 0) is 43.7 Å². The number of amides is 1. The van der Waals surface area contributed by atoms with E-state index < -0.39 is 0 Å². The molecule has 2 unspecified atom stereocenters. The van der Waals surface area contributed by atoms with E-state index >= 15 is 0 Å². The molecule has 21 heavy (non-hydrogen) atoms. The van der Waals surface area contributed by atoms with Gasteiger partial charge in [0, 0.05) is 11.7 Å². The molecule has 1 aromatic rings. The number of hydrogen-bond acceptors (Lipinski definition) is 4. The first kappa shape index (κ1) is 15.8. The molecular weight excluding hydrogens is 268 g/mol. The summed E-state index contributed by atoms with van der Waals surface area (Å²) in [4.78, 5) is 12.4. The molecule has 1 heterocycles. The molecule has 1 aromatic carbocycles. The number of hydrogen-bond donors (Lipinski definition) is 2. The van der Waals surface area contributed by atoms with Gasteiger partial charge < -0.3 is 20.1 Å². The van der Waals surface area contributed by atoms with E-state index in [1.54, 1.807) is 7.11 Å². The maximum absolute atomic E-state index is 12.4. The van der Waals surface area contributed by atoms with Crippen molar-refractivity contribution in [2.75, 3.05) is 32.2 Å². The number of anilines is 1. The Morgan fingerprint density at radius 3 is 2.90 bits per heavy atom. The molecule has 1 aliphatic rings. The summed E-state index contributed by atoms with van der Waals surface area (Å²) in [5.74, 6) is 0.685. The van der Waals surface area contributed by atoms with E-state index in [1.807, 2.05) is 25.1 Å². The predicted molar refractivity (Wildman–Crippen MR) is 82.8 cm³/mol. The average molecular weight is 292 g/mol. The van der Waals surface area contributed by atoms with Gasteiger partial charge in [0.1, 0.15) is 5.75 Å². The molecule has 2 atom stereocenters. The van der Waals surface area contributed by atoms with Crippen LogP contribution in [0.15, 0.2) is 18.2 Å². The van der Waals surface area contributed by atoms with E-state index in [0.29, 0.717) is 13.2 Å². The second-order valence-electron chi connectivity index (χ2n) is 5.38. The number of carbonyl (C=O) groups is 1. The highest BCUT2D eigenvalue weighted by molar-refractivity contribution is 5.93. The molecule has 2 N–H and O–H groups in total. The summed E-state index contributed by atoms with van der Waals surface area (Å²) in [5, 5.41) is 6.34. The van der Waals surface area contributed by atoms with Crippen molar-refractivity contribution in [1.29, 1.82) is 0 Å². The minimum Gasteiger partial charge on any atom is -0.496 e. The van der Waals surface area contributed by atoms with Crippen LogP contribution in [0, 0.1) is 12.8 Å². The third-order valence-corrected chi connectivity index (χ3v) is 3.74. The van der Waals surface area contributed by atoms with Gasteiger partial charge >= 0.3 is 0 Å². The molecule has 0 bridgehead atoms. The van der Waals surface area contributed by atoms with Crippen LogP contribution < -0.4 is 15.4 Å². The lowest BCUT2D eigenvalue weighted by Gasteiger charge is -2.18. The van der Waals surface area contributed by atoms with Crippen molar-refractivity contribution in [3.63, 3.8) is 0 Å². The van der Waals surface area contributed by atoms with E-state index in [4.69, 9.17) is 9.47 Å². The van der Waals surface area contributed by atoms with Crippen LogP contribution >= 0.6 is 0 Å². The number of ether oxygens (including phenoxy) is 2. The van der Waals surface area contributed by atoms with Crippen LogP contribution in [0.4, 0.5) is 5.69 Å². The van der Waals surface area contributed by atoms with Gasteiger partial charge in [-0.1, -0.05) is 6.92 Å². The monoisotopic (exact) mass is 292 g/mol. The molecular formula is C16H24N2O3. The normalized spacial score (nSPS) is 21.3. The second kappa shape index (κ2) is 7.43. The quantitative estimate of drug-likeness (QED) is 0.841. The Morgan fingerprint density at radius 2 is 2.24 bits per heavy atom. The molecule has 2 rings (SSSR count). The highest BCUT2D eigenvalue weighted by Crippen LogP contribution is 2.23. The molecule has 0 radical (unpaired) electrons. The second-order valence-corrected chi connectivity index (χ2v) is 5.38. The van der Waals surface area contributed by atoms with Gasteiger partial charge in [-0.2, -0.15) is 0 Å². The van der Waals surface area contributed by atoms with Crippen LogP contribution in [0.25, 0.3) is 0 Å². The fourth-order valence-electron chi connectivity index (χ4n) is 2.53. The van der Waals surface area contributed by atoms with Crippen molar-refractivity contribution in [1.82, 2.24) is 5.32 Å². The molecule has 5 heteroatoms. The molecule has 0 aromatic heterocycles. The third-order valence-electron chi connectivity index (χ3n) is 3.74. The van der Waals surface area contributed by atoms with E-state index in [-0.39, 0.29) is 17.9 Å². The molecule has 1 aliphatic heterocycles. The smallest absolute Gasteiger partial charge is 0.231 e. The maximum Gasteiger partial charge on any atom is 0.231 e. The fraction of sp³-hybridized carbons (Fsp3) is 0.562. The summed E-state index contributed by atoms with van der Waals surface area (Å²) in [6.45, 7) is 6.04. The topological polar surface area (TPSA) is 59.6 Å². The largest absolute Gasteiger partial charge is 0.496 e. The predicted octanol–water partition coefficient (Wildman–Crippen LogP) is 1.96. The third kappa shape index (κ3) is 3.95. The first-order valence-electron chi connectivity index (χ1n) is 7.42. The van der Waals surface area contributed by atoms with Crippen molar-refractivity contribution in [3.05, 3.63) is 23.8 Å². The minimum absolute atomic E-state index is 0.00525. The van der Waals surface area contributed by atoms with Crippen molar-refractivity contribution < 1.29 is 14.3 Å². The van der Waals surface area contributed by atoms with Crippen molar-refractivity contribution >= 4 is 11.6 Å². The van der Waals surface area contributed by atoms with Crippen LogP contribution in [0.2, 0.25) is 0 Å². The zero-order valence-corrected chi connectivity index (χ0v) is 12.9. The molecule has 0 spiro atoms. The van der Waals surface area contributed by atoms with Crippen molar-refractivity contribution in [2.45, 2.75) is 26.3 Å². The molecule has 1 saturated heterocycles. The Hall–Kier alpha value is -1.59. The van der Waals surface area contributed by atoms with Gasteiger partial charge in [0.15, 0.2) is 0 Å². The fourth-order valence-corrected chi connectivity index (χ4v) is 2.53. The summed E-state index contributed by atoms with van der Waals surface area (Å²) >= 11 is 0. The molecule has 0 saturated carbocycles. The first-order valence-corrected chi connectivity index (χ1v) is 7.42. The lowest BCUT2D eigenvalue weighted by Crippen LogP contribution is -2.41. The highest BCUT2D eigenvalue weighted by Gasteiger charge is 2.33. The molecule has 116 valence electrons. The minimum atomic E-state index is -0.140. The average Bonchev–Trinajstić information content (AvgIpc) is 2.93. The molecule has 1 fully saturated rings. The Labute approximate surface area is 126 Å². The van der Waals surface area contributed by atoms with Crippen LogP contribution in [0.5, 0.6) is 5.75 Å². The van der Waals surface area contributed by atoms with Crippen LogP contribution in [0.1, 0.15) is 18.9 Å². The van der Waals surface area contributed by atoms with Crippen molar-refractivity contribution in [2.24, 2.45) is 5.92 Å². The summed E-state index contributed by atoms with van der Waals surface area (Å²) < 4.78 is 10.7. The van der Waals surface area contributed by atoms with Gasteiger partial charge in [-0.15, -0.1) is 0 Å². The van der Waals surface area contributed by atoms with E-state index in [0.717, 1.165) is 30.0 Å². The Morgan fingerprint density at radius 1 is 1.43 bits per heavy atom. The first-order chi connectivity index (χ1) is 10.2. The van der Waals surface area contributed by atoms with Crippen LogP contribution in [0.3, 0.4) is 0 Å². The molecule has 5 nitrogen and oxygen atoms in total. The van der Waals surface area contributed by atoms with Gasteiger partial charge in [0.05, 0.1) is 26.2 Å². The number of benzene rings is 1. The summed E-state index contributed by atoms with van der Waals surface area (Å²) in [6, 6.07) is 5.74. The Bertz CT molecular complexity index is 490. The summed E-state index contributed by atoms with van der Waals surface area (Å²) in [6.07, 6.45) is 1.04. The van der Waals surface area contributed by atoms with Gasteiger partial charge in [-0.25, -0.2) is 0 Å². The Kier molecular flexibility index (Phi) is 5.59. The van der Waals surface area contributed by atoms with E-state index in [2.05, 4.69) is 17.6 Å². The van der Waals surface area contributed by atoms with Gasteiger partial charge in [0.25, 0.3) is 0 Å². The van der Waals surface area contributed by atoms with Crippen LogP contribution in [-0.4, -0.2) is 38.8 Å². The highest BCUT2D eigenvalue weighted by atomic mass is 16.5. The number of carbonyl (C=O) groups excluding carboxylic acids is 1. The SMILES string of the molecule is CCCNC1COCC1C(=O)Nc1ccc(OC)c(C)c1. The molecule has 0 aliphatic carbocycles. The Balaban J connectivity index is 1.98. The number of methoxy groups -OCH3 is 1. The zero-order valence-electron chi connectivity index (χ0n) is 12.9. The van der Waals surface area contributed by atoms with E-state index in [9.17, 15) is 4.79 Å². The summed E-state index contributed by atoms with van der Waals surface area (Å²) in [7, 11) is 1.64. The number of rotatable bonds is 6. The molecule has 1 amide bonds. The van der Waals surface area contributed by atoms with Crippen LogP contribution in [-0.2, 0) is 9.53 Å². The van der Waals surface area contributed by atoms with Gasteiger partial charge in [0.2, 0.25) is 5.91 Å². The zero-order chi connectivity index (χ0) is 15.2. The standard InChI is InChI=1S/C16H24N2O3/c1-4-7-17-14-10-21-9-13(14)16(19)18-12-5-6-15(20-3)11(2)8-12/h5-6,8,13-14,17H,4,7,9-10H2,1-3H3,(H,18,19). The maximum atomic E-state index is 12.4. The van der Waals surface area contributed by atoms with E-state index in [1.165, 1.54) is 0 Å². The summed E-state index contributed by atoms with van der Waals surface area (Å²) in [5.41, 5.74) is 1.79. The lowest BCUT2D eigenvalue weighted by molar-refractivity contribution is -0.120. The lowest BCUT2D eigenvalue weighted by atomic mass is 10.0. The number of nitrogens with one attached hydrogen (secondary N) is 2.